The number of benzene rings is 1. The lowest BCUT2D eigenvalue weighted by Crippen LogP contribution is -2.25. The molecule has 0 aliphatic carbocycles. The summed E-state index contributed by atoms with van der Waals surface area (Å²) < 4.78 is 26.3. The van der Waals surface area contributed by atoms with E-state index in [9.17, 15) is 8.42 Å². The Morgan fingerprint density at radius 2 is 1.50 bits per heavy atom. The molecule has 0 atom stereocenters. The van der Waals surface area contributed by atoms with Gasteiger partial charge in [0.15, 0.2) is 11.6 Å². The van der Waals surface area contributed by atoms with Gasteiger partial charge in [0, 0.05) is 12.4 Å². The van der Waals surface area contributed by atoms with Gasteiger partial charge < -0.3 is 0 Å². The van der Waals surface area contributed by atoms with Crippen LogP contribution in [0.2, 0.25) is 0 Å². The summed E-state index contributed by atoms with van der Waals surface area (Å²) >= 11 is 0. The van der Waals surface area contributed by atoms with E-state index in [0.29, 0.717) is 11.6 Å². The Kier molecular flexibility index (Phi) is 3.63. The third-order valence-corrected chi connectivity index (χ3v) is 6.36. The summed E-state index contributed by atoms with van der Waals surface area (Å²) in [5.41, 5.74) is 4.98. The molecule has 1 aromatic carbocycles. The second kappa shape index (κ2) is 5.64. The van der Waals surface area contributed by atoms with Gasteiger partial charge in [0.1, 0.15) is 9.79 Å². The number of fused-ring (bicyclic) bond motifs is 2. The summed E-state index contributed by atoms with van der Waals surface area (Å²) in [5.74, 6) is 0.795. The van der Waals surface area contributed by atoms with Crippen LogP contribution in [0, 0.1) is 27.7 Å². The first-order valence-corrected chi connectivity index (χ1v) is 9.84. The fourth-order valence-electron chi connectivity index (χ4n) is 3.62. The predicted molar refractivity (Wildman–Crippen MR) is 101 cm³/mol. The number of aryl methyl sites for hydroxylation is 4. The molecule has 3 heterocycles. The van der Waals surface area contributed by atoms with E-state index in [1.807, 2.05) is 32.6 Å². The second-order valence-corrected chi connectivity index (χ2v) is 8.63. The van der Waals surface area contributed by atoms with Gasteiger partial charge >= 0.3 is 0 Å². The number of hydrogen-bond acceptors (Lipinski definition) is 5. The molecule has 1 aliphatic rings. The van der Waals surface area contributed by atoms with E-state index in [4.69, 9.17) is 0 Å². The largest absolute Gasteiger partial charge is 0.276 e. The average molecular weight is 365 g/mol. The van der Waals surface area contributed by atoms with Crippen molar-refractivity contribution in [3.8, 4) is 0 Å². The summed E-state index contributed by atoms with van der Waals surface area (Å²) in [6, 6.07) is 9.11. The fraction of sp³-hybridized carbons (Fsp3) is 0.200. The average Bonchev–Trinajstić information content (AvgIpc) is 2.57. The van der Waals surface area contributed by atoms with Crippen LogP contribution in [0.25, 0.3) is 0 Å². The van der Waals surface area contributed by atoms with Gasteiger partial charge in [0.05, 0.1) is 5.69 Å². The van der Waals surface area contributed by atoms with E-state index in [2.05, 4.69) is 22.1 Å². The minimum atomic E-state index is -3.67. The zero-order valence-electron chi connectivity index (χ0n) is 15.1. The Hall–Kier alpha value is -2.73. The molecule has 26 heavy (non-hydrogen) atoms. The van der Waals surface area contributed by atoms with E-state index in [1.54, 1.807) is 30.6 Å². The molecule has 0 N–H and O–H groups in total. The Bertz CT molecular complexity index is 1130. The van der Waals surface area contributed by atoms with Crippen LogP contribution in [-0.4, -0.2) is 18.4 Å². The molecule has 0 unspecified atom stereocenters. The van der Waals surface area contributed by atoms with Gasteiger partial charge in [0.25, 0.3) is 0 Å². The number of aromatic nitrogens is 2. The summed E-state index contributed by atoms with van der Waals surface area (Å²) in [4.78, 5) is 11.2. The van der Waals surface area contributed by atoms with E-state index in [0.717, 1.165) is 27.9 Å². The molecule has 132 valence electrons. The van der Waals surface area contributed by atoms with Gasteiger partial charge in [-0.2, -0.15) is 0 Å². The van der Waals surface area contributed by atoms with Gasteiger partial charge in [-0.15, -0.1) is 0 Å². The third-order valence-electron chi connectivity index (χ3n) is 4.58. The first kappa shape index (κ1) is 16.7. The zero-order chi connectivity index (χ0) is 18.6. The number of hydrogen-bond donors (Lipinski definition) is 0. The van der Waals surface area contributed by atoms with Gasteiger partial charge in [-0.25, -0.2) is 18.4 Å². The van der Waals surface area contributed by atoms with Crippen LogP contribution in [0.15, 0.2) is 52.5 Å². The number of rotatable bonds is 1. The van der Waals surface area contributed by atoms with Crippen LogP contribution >= 0.6 is 0 Å². The highest BCUT2D eigenvalue weighted by atomic mass is 32.2. The highest BCUT2D eigenvalue weighted by Crippen LogP contribution is 2.47. The predicted octanol–water partition coefficient (Wildman–Crippen LogP) is 4.33. The van der Waals surface area contributed by atoms with E-state index in [-0.39, 0.29) is 9.79 Å². The molecule has 6 heteroatoms. The van der Waals surface area contributed by atoms with Crippen molar-refractivity contribution in [1.29, 1.82) is 0 Å². The van der Waals surface area contributed by atoms with Crippen LogP contribution in [0.5, 0.6) is 0 Å². The molecule has 1 aliphatic heterocycles. The Labute approximate surface area is 153 Å². The van der Waals surface area contributed by atoms with Crippen LogP contribution in [-0.2, 0) is 9.84 Å². The molecule has 0 saturated carbocycles. The van der Waals surface area contributed by atoms with Crippen LogP contribution in [0.4, 0.5) is 17.3 Å². The van der Waals surface area contributed by atoms with E-state index < -0.39 is 9.84 Å². The van der Waals surface area contributed by atoms with Crippen molar-refractivity contribution in [2.45, 2.75) is 37.5 Å². The standard InChI is InChI=1S/C20H19N3O2S/c1-12-8-14(3)18(15(4)9-12)23-19-16(6-5-7-21-19)26(24,25)17-10-13(2)11-22-20(17)23/h5-11H,1-4H3. The normalized spacial score (nSPS) is 14.7. The van der Waals surface area contributed by atoms with Crippen LogP contribution in [0.1, 0.15) is 22.3 Å². The Balaban J connectivity index is 2.13. The molecule has 3 aromatic rings. The lowest BCUT2D eigenvalue weighted by molar-refractivity contribution is 0.593. The van der Waals surface area contributed by atoms with Crippen molar-refractivity contribution in [3.63, 3.8) is 0 Å². The lowest BCUT2D eigenvalue weighted by Gasteiger charge is -2.32. The van der Waals surface area contributed by atoms with Gasteiger partial charge in [-0.1, -0.05) is 17.7 Å². The molecule has 0 amide bonds. The molecular weight excluding hydrogens is 346 g/mol. The van der Waals surface area contributed by atoms with Gasteiger partial charge in [0.2, 0.25) is 9.84 Å². The Morgan fingerprint density at radius 3 is 2.19 bits per heavy atom. The molecule has 0 spiro atoms. The molecule has 5 nitrogen and oxygen atoms in total. The Morgan fingerprint density at radius 1 is 0.846 bits per heavy atom. The molecule has 0 saturated heterocycles. The monoisotopic (exact) mass is 365 g/mol. The maximum Gasteiger partial charge on any atom is 0.213 e. The first-order chi connectivity index (χ1) is 12.3. The van der Waals surface area contributed by atoms with Crippen molar-refractivity contribution < 1.29 is 8.42 Å². The topological polar surface area (TPSA) is 63.2 Å². The third kappa shape index (κ3) is 2.33. The van der Waals surface area contributed by atoms with Crippen LogP contribution in [0.3, 0.4) is 0 Å². The SMILES string of the molecule is Cc1cc(C)c(N2c3ncccc3S(=O)(=O)c3cc(C)cnc32)c(C)c1. The first-order valence-electron chi connectivity index (χ1n) is 8.35. The van der Waals surface area contributed by atoms with E-state index >= 15 is 0 Å². The van der Waals surface area contributed by atoms with Crippen molar-refractivity contribution >= 4 is 27.2 Å². The van der Waals surface area contributed by atoms with Crippen molar-refractivity contribution in [2.75, 3.05) is 4.90 Å². The fourth-order valence-corrected chi connectivity index (χ4v) is 5.22. The molecule has 0 bridgehead atoms. The minimum absolute atomic E-state index is 0.208. The smallest absolute Gasteiger partial charge is 0.213 e. The van der Waals surface area contributed by atoms with E-state index in [1.165, 1.54) is 0 Å². The lowest BCUT2D eigenvalue weighted by atomic mass is 10.0. The highest BCUT2D eigenvalue weighted by molar-refractivity contribution is 7.92. The summed E-state index contributed by atoms with van der Waals surface area (Å²) in [6.07, 6.45) is 3.30. The highest BCUT2D eigenvalue weighted by Gasteiger charge is 2.38. The molecular formula is C20H19N3O2S. The summed E-state index contributed by atoms with van der Waals surface area (Å²) in [7, 11) is -3.67. The van der Waals surface area contributed by atoms with Gasteiger partial charge in [-0.05, 0) is 62.6 Å². The molecule has 2 aromatic heterocycles. The number of nitrogens with zero attached hydrogens (tertiary/aromatic N) is 3. The molecule has 0 fully saturated rings. The number of pyridine rings is 2. The molecule has 4 rings (SSSR count). The van der Waals surface area contributed by atoms with Crippen LogP contribution < -0.4 is 4.90 Å². The van der Waals surface area contributed by atoms with Crippen molar-refractivity contribution in [3.05, 3.63) is 65.0 Å². The maximum absolute atomic E-state index is 13.1. The summed E-state index contributed by atoms with van der Waals surface area (Å²) in [5, 5.41) is 0. The quantitative estimate of drug-likeness (QED) is 0.502. The second-order valence-electron chi connectivity index (χ2n) is 6.75. The van der Waals surface area contributed by atoms with Gasteiger partial charge in [-0.3, -0.25) is 4.90 Å². The summed E-state index contributed by atoms with van der Waals surface area (Å²) in [6.45, 7) is 7.93. The van der Waals surface area contributed by atoms with Crippen molar-refractivity contribution in [2.24, 2.45) is 0 Å². The maximum atomic E-state index is 13.1. The minimum Gasteiger partial charge on any atom is -0.276 e. The molecule has 0 radical (unpaired) electrons. The number of sulfone groups is 1. The number of anilines is 3. The van der Waals surface area contributed by atoms with Crippen molar-refractivity contribution in [1.82, 2.24) is 9.97 Å². The zero-order valence-corrected chi connectivity index (χ0v) is 15.9.